The van der Waals surface area contributed by atoms with Gasteiger partial charge in [0.05, 0.1) is 6.61 Å². The van der Waals surface area contributed by atoms with Gasteiger partial charge in [-0.05, 0) is 48.9 Å². The molecule has 0 atom stereocenters. The van der Waals surface area contributed by atoms with Crippen LogP contribution in [0.4, 0.5) is 5.69 Å². The van der Waals surface area contributed by atoms with Crippen molar-refractivity contribution in [2.24, 2.45) is 0 Å². The molecule has 3 N–H and O–H groups in total. The number of ether oxygens (including phenoxy) is 1. The number of amides is 3. The highest BCUT2D eigenvalue weighted by molar-refractivity contribution is 6.32. The Kier molecular flexibility index (Phi) is 8.72. The Labute approximate surface area is 174 Å². The molecule has 0 fully saturated rings. The standard InChI is InChI=1S/C21H22ClN3O4/c1-2-29-17-10-8-16(9-11-17)23-19(26)13-14-21(28)25-24-20(27)12-7-15-5-3-4-6-18(15)22/h3-12H,2,13-14H2,1H3,(H,23,26)(H,24,27)(H,25,28)/b12-7+. The van der Waals surface area contributed by atoms with Crippen LogP contribution >= 0.6 is 11.6 Å². The van der Waals surface area contributed by atoms with Gasteiger partial charge in [0.15, 0.2) is 0 Å². The second kappa shape index (κ2) is 11.5. The van der Waals surface area contributed by atoms with E-state index >= 15 is 0 Å². The fraction of sp³-hybridized carbons (Fsp3) is 0.190. The van der Waals surface area contributed by atoms with Gasteiger partial charge in [-0.2, -0.15) is 0 Å². The number of nitrogens with one attached hydrogen (secondary N) is 3. The smallest absolute Gasteiger partial charge is 0.262 e. The van der Waals surface area contributed by atoms with Crippen LogP contribution in [0.2, 0.25) is 5.02 Å². The molecule has 0 saturated heterocycles. The monoisotopic (exact) mass is 415 g/mol. The molecule has 2 rings (SSSR count). The molecule has 0 heterocycles. The van der Waals surface area contributed by atoms with Crippen molar-refractivity contribution in [3.05, 3.63) is 65.2 Å². The largest absolute Gasteiger partial charge is 0.494 e. The minimum atomic E-state index is -0.517. The van der Waals surface area contributed by atoms with Crippen LogP contribution in [0.15, 0.2) is 54.6 Å². The zero-order valence-electron chi connectivity index (χ0n) is 15.9. The third kappa shape index (κ3) is 8.06. The predicted molar refractivity (Wildman–Crippen MR) is 112 cm³/mol. The Morgan fingerprint density at radius 3 is 2.34 bits per heavy atom. The van der Waals surface area contributed by atoms with Crippen LogP contribution in [0.25, 0.3) is 6.08 Å². The second-order valence-electron chi connectivity index (χ2n) is 5.90. The van der Waals surface area contributed by atoms with Crippen LogP contribution in [-0.4, -0.2) is 24.3 Å². The number of anilines is 1. The molecular weight excluding hydrogens is 394 g/mol. The first kappa shape index (κ1) is 22.0. The zero-order valence-corrected chi connectivity index (χ0v) is 16.7. The van der Waals surface area contributed by atoms with E-state index in [2.05, 4.69) is 16.2 Å². The van der Waals surface area contributed by atoms with Gasteiger partial charge in [-0.25, -0.2) is 0 Å². The molecule has 152 valence electrons. The molecular formula is C21H22ClN3O4. The molecule has 3 amide bonds. The molecule has 0 bridgehead atoms. The maximum atomic E-state index is 11.9. The van der Waals surface area contributed by atoms with Crippen molar-refractivity contribution < 1.29 is 19.1 Å². The van der Waals surface area contributed by atoms with E-state index in [1.807, 2.05) is 6.92 Å². The van der Waals surface area contributed by atoms with Gasteiger partial charge < -0.3 is 10.1 Å². The van der Waals surface area contributed by atoms with Crippen LogP contribution in [-0.2, 0) is 14.4 Å². The zero-order chi connectivity index (χ0) is 21.1. The van der Waals surface area contributed by atoms with Crippen LogP contribution < -0.4 is 20.9 Å². The fourth-order valence-electron chi connectivity index (χ4n) is 2.26. The van der Waals surface area contributed by atoms with E-state index in [1.165, 1.54) is 12.2 Å². The molecule has 2 aromatic carbocycles. The summed E-state index contributed by atoms with van der Waals surface area (Å²) in [6.07, 6.45) is 2.69. The lowest BCUT2D eigenvalue weighted by molar-refractivity contribution is -0.128. The number of hydrazine groups is 1. The van der Waals surface area contributed by atoms with E-state index < -0.39 is 11.8 Å². The Hall–Kier alpha value is -3.32. The molecule has 7 nitrogen and oxygen atoms in total. The van der Waals surface area contributed by atoms with E-state index in [0.717, 1.165) is 0 Å². The van der Waals surface area contributed by atoms with Gasteiger partial charge in [-0.1, -0.05) is 29.8 Å². The number of carbonyl (C=O) groups is 3. The summed E-state index contributed by atoms with van der Waals surface area (Å²) in [5.74, 6) is -0.595. The van der Waals surface area contributed by atoms with Crippen molar-refractivity contribution >= 4 is 41.1 Å². The van der Waals surface area contributed by atoms with Crippen molar-refractivity contribution in [1.82, 2.24) is 10.9 Å². The molecule has 0 saturated carbocycles. The summed E-state index contributed by atoms with van der Waals surface area (Å²) < 4.78 is 5.33. The Balaban J connectivity index is 1.69. The van der Waals surface area contributed by atoms with Crippen LogP contribution in [0, 0.1) is 0 Å². The summed E-state index contributed by atoms with van der Waals surface area (Å²) in [5, 5.41) is 3.20. The molecule has 0 aromatic heterocycles. The maximum absolute atomic E-state index is 11.9. The summed E-state index contributed by atoms with van der Waals surface area (Å²) in [5.41, 5.74) is 5.79. The van der Waals surface area contributed by atoms with Crippen molar-refractivity contribution in [2.45, 2.75) is 19.8 Å². The summed E-state index contributed by atoms with van der Waals surface area (Å²) >= 11 is 5.99. The van der Waals surface area contributed by atoms with Crippen molar-refractivity contribution in [1.29, 1.82) is 0 Å². The van der Waals surface area contributed by atoms with Gasteiger partial charge in [-0.3, -0.25) is 25.2 Å². The van der Waals surface area contributed by atoms with E-state index in [1.54, 1.807) is 48.5 Å². The van der Waals surface area contributed by atoms with E-state index in [-0.39, 0.29) is 18.7 Å². The van der Waals surface area contributed by atoms with Crippen molar-refractivity contribution in [2.75, 3.05) is 11.9 Å². The average molecular weight is 416 g/mol. The first-order chi connectivity index (χ1) is 14.0. The highest BCUT2D eigenvalue weighted by Crippen LogP contribution is 2.16. The summed E-state index contributed by atoms with van der Waals surface area (Å²) in [6, 6.07) is 14.0. The summed E-state index contributed by atoms with van der Waals surface area (Å²) in [6.45, 7) is 2.45. The molecule has 0 aliphatic heterocycles. The Morgan fingerprint density at radius 2 is 1.66 bits per heavy atom. The number of hydrogen-bond acceptors (Lipinski definition) is 4. The lowest BCUT2D eigenvalue weighted by Crippen LogP contribution is -2.41. The highest BCUT2D eigenvalue weighted by Gasteiger charge is 2.08. The predicted octanol–water partition coefficient (Wildman–Crippen LogP) is 3.32. The summed E-state index contributed by atoms with van der Waals surface area (Å²) in [4.78, 5) is 35.4. The van der Waals surface area contributed by atoms with E-state index in [0.29, 0.717) is 28.6 Å². The first-order valence-electron chi connectivity index (χ1n) is 9.02. The van der Waals surface area contributed by atoms with Gasteiger partial charge in [0.1, 0.15) is 5.75 Å². The molecule has 0 unspecified atom stereocenters. The number of carbonyl (C=O) groups excluding carboxylic acids is 3. The third-order valence-corrected chi connectivity index (χ3v) is 4.02. The minimum Gasteiger partial charge on any atom is -0.494 e. The maximum Gasteiger partial charge on any atom is 0.262 e. The van der Waals surface area contributed by atoms with Gasteiger partial charge in [0.2, 0.25) is 11.8 Å². The van der Waals surface area contributed by atoms with E-state index in [9.17, 15) is 14.4 Å². The van der Waals surface area contributed by atoms with Crippen LogP contribution in [0.3, 0.4) is 0 Å². The molecule has 0 radical (unpaired) electrons. The first-order valence-corrected chi connectivity index (χ1v) is 9.40. The van der Waals surface area contributed by atoms with Crippen LogP contribution in [0.5, 0.6) is 5.75 Å². The number of benzene rings is 2. The molecule has 2 aromatic rings. The molecule has 0 spiro atoms. The highest BCUT2D eigenvalue weighted by atomic mass is 35.5. The third-order valence-electron chi connectivity index (χ3n) is 3.67. The minimum absolute atomic E-state index is 0.0234. The average Bonchev–Trinajstić information content (AvgIpc) is 2.72. The lowest BCUT2D eigenvalue weighted by atomic mass is 10.2. The number of rotatable bonds is 8. The molecule has 8 heteroatoms. The van der Waals surface area contributed by atoms with Crippen molar-refractivity contribution in [3.63, 3.8) is 0 Å². The molecule has 29 heavy (non-hydrogen) atoms. The van der Waals surface area contributed by atoms with E-state index in [4.69, 9.17) is 16.3 Å². The Morgan fingerprint density at radius 1 is 0.966 bits per heavy atom. The van der Waals surface area contributed by atoms with Crippen molar-refractivity contribution in [3.8, 4) is 5.75 Å². The number of hydrogen-bond donors (Lipinski definition) is 3. The normalized spacial score (nSPS) is 10.4. The second-order valence-corrected chi connectivity index (χ2v) is 6.31. The topological polar surface area (TPSA) is 96.5 Å². The molecule has 0 aliphatic rings. The van der Waals surface area contributed by atoms with Crippen LogP contribution in [0.1, 0.15) is 25.3 Å². The molecule has 0 aliphatic carbocycles. The Bertz CT molecular complexity index is 882. The summed E-state index contributed by atoms with van der Waals surface area (Å²) in [7, 11) is 0. The van der Waals surface area contributed by atoms with Gasteiger partial charge in [0, 0.05) is 29.6 Å². The van der Waals surface area contributed by atoms with Gasteiger partial charge in [-0.15, -0.1) is 0 Å². The SMILES string of the molecule is CCOc1ccc(NC(=O)CCC(=O)NNC(=O)/C=C/c2ccccc2Cl)cc1. The lowest BCUT2D eigenvalue weighted by Gasteiger charge is -2.08. The van der Waals surface area contributed by atoms with Gasteiger partial charge in [0.25, 0.3) is 5.91 Å². The quantitative estimate of drug-likeness (QED) is 0.455. The fourth-order valence-corrected chi connectivity index (χ4v) is 2.46. The van der Waals surface area contributed by atoms with Gasteiger partial charge >= 0.3 is 0 Å². The number of halogens is 1.